The Kier molecular flexibility index (Phi) is 4.52. The van der Waals surface area contributed by atoms with Gasteiger partial charge in [-0.05, 0) is 30.9 Å². The van der Waals surface area contributed by atoms with Gasteiger partial charge in [-0.25, -0.2) is 4.98 Å². The normalized spacial score (nSPS) is 14.3. The number of nitrogens with one attached hydrogen (secondary N) is 2. The molecule has 1 aromatic rings. The molecule has 5 heteroatoms. The molecule has 1 heterocycles. The van der Waals surface area contributed by atoms with Crippen LogP contribution in [0.15, 0.2) is 18.3 Å². The summed E-state index contributed by atoms with van der Waals surface area (Å²) in [5.41, 5.74) is 1.32. The van der Waals surface area contributed by atoms with E-state index >= 15 is 0 Å². The van der Waals surface area contributed by atoms with Crippen LogP contribution in [0, 0.1) is 5.92 Å². The van der Waals surface area contributed by atoms with Crippen molar-refractivity contribution in [3.05, 3.63) is 24.0 Å². The number of amides is 1. The van der Waals surface area contributed by atoms with E-state index in [1.807, 2.05) is 13.1 Å². The van der Waals surface area contributed by atoms with Crippen molar-refractivity contribution in [3.63, 3.8) is 0 Å². The number of aromatic nitrogens is 1. The van der Waals surface area contributed by atoms with Gasteiger partial charge in [-0.3, -0.25) is 4.79 Å². The molecule has 98 valence electrons. The molecule has 1 fully saturated rings. The lowest BCUT2D eigenvalue weighted by Gasteiger charge is -2.06. The number of carbonyl (C=O) groups is 1. The zero-order valence-electron chi connectivity index (χ0n) is 10.6. The summed E-state index contributed by atoms with van der Waals surface area (Å²) >= 11 is 0. The summed E-state index contributed by atoms with van der Waals surface area (Å²) in [6.07, 6.45) is 4.21. The Bertz CT molecular complexity index is 388. The molecule has 1 amide bonds. The molecule has 0 spiro atoms. The maximum absolute atomic E-state index is 11.7. The summed E-state index contributed by atoms with van der Waals surface area (Å²) in [7, 11) is 1.81. The fraction of sp³-hybridized carbons (Fsp3) is 0.538. The molecule has 1 aliphatic rings. The zero-order chi connectivity index (χ0) is 12.8. The minimum absolute atomic E-state index is 0.160. The van der Waals surface area contributed by atoms with Crippen LogP contribution in [-0.4, -0.2) is 37.7 Å². The highest BCUT2D eigenvalue weighted by Gasteiger charge is 2.20. The van der Waals surface area contributed by atoms with Gasteiger partial charge < -0.3 is 15.4 Å². The molecule has 0 unspecified atom stereocenters. The first-order chi connectivity index (χ1) is 8.79. The molecule has 5 nitrogen and oxygen atoms in total. The van der Waals surface area contributed by atoms with Crippen molar-refractivity contribution in [1.29, 1.82) is 0 Å². The first-order valence-corrected chi connectivity index (χ1v) is 6.29. The van der Waals surface area contributed by atoms with Crippen LogP contribution >= 0.6 is 0 Å². The summed E-state index contributed by atoms with van der Waals surface area (Å²) in [6.45, 7) is 1.92. The van der Waals surface area contributed by atoms with Gasteiger partial charge in [-0.15, -0.1) is 0 Å². The number of ether oxygens (including phenoxy) is 1. The number of carbonyl (C=O) groups excluding carboxylic acids is 1. The lowest BCUT2D eigenvalue weighted by molar-refractivity contribution is 0.0902. The number of rotatable bonds is 7. The Morgan fingerprint density at radius 2 is 2.33 bits per heavy atom. The predicted molar refractivity (Wildman–Crippen MR) is 69.7 cm³/mol. The zero-order valence-corrected chi connectivity index (χ0v) is 10.6. The van der Waals surface area contributed by atoms with E-state index in [9.17, 15) is 4.79 Å². The van der Waals surface area contributed by atoms with E-state index in [1.54, 1.807) is 12.3 Å². The van der Waals surface area contributed by atoms with Crippen LogP contribution in [0.5, 0.6) is 0 Å². The van der Waals surface area contributed by atoms with Crippen molar-refractivity contribution >= 4 is 11.6 Å². The van der Waals surface area contributed by atoms with Gasteiger partial charge in [0.1, 0.15) is 5.69 Å². The highest BCUT2D eigenvalue weighted by molar-refractivity contribution is 5.92. The van der Waals surface area contributed by atoms with Gasteiger partial charge in [0.25, 0.3) is 5.91 Å². The van der Waals surface area contributed by atoms with Crippen molar-refractivity contribution in [2.45, 2.75) is 12.8 Å². The molecule has 0 saturated heterocycles. The molecule has 0 aromatic carbocycles. The molecule has 1 aromatic heterocycles. The number of nitrogens with zero attached hydrogens (tertiary/aromatic N) is 1. The van der Waals surface area contributed by atoms with E-state index in [4.69, 9.17) is 4.74 Å². The summed E-state index contributed by atoms with van der Waals surface area (Å²) in [5.74, 6) is 0.601. The maximum atomic E-state index is 11.7. The standard InChI is InChI=1S/C13H19N3O2/c1-14-11-4-5-12(16-8-11)13(17)15-6-7-18-9-10-2-3-10/h4-5,8,10,14H,2-3,6-7,9H2,1H3,(H,15,17). The molecule has 0 atom stereocenters. The van der Waals surface area contributed by atoms with E-state index in [1.165, 1.54) is 12.8 Å². The van der Waals surface area contributed by atoms with Gasteiger partial charge in [0.15, 0.2) is 0 Å². The SMILES string of the molecule is CNc1ccc(C(=O)NCCOCC2CC2)nc1. The van der Waals surface area contributed by atoms with Gasteiger partial charge in [-0.2, -0.15) is 0 Å². The lowest BCUT2D eigenvalue weighted by Crippen LogP contribution is -2.28. The van der Waals surface area contributed by atoms with Crippen molar-refractivity contribution in [2.24, 2.45) is 5.92 Å². The molecule has 0 aliphatic heterocycles. The molecule has 2 rings (SSSR count). The number of anilines is 1. The van der Waals surface area contributed by atoms with Gasteiger partial charge in [0, 0.05) is 20.2 Å². The topological polar surface area (TPSA) is 63.2 Å². The van der Waals surface area contributed by atoms with Gasteiger partial charge in [0.2, 0.25) is 0 Å². The minimum Gasteiger partial charge on any atom is -0.387 e. The van der Waals surface area contributed by atoms with Crippen molar-refractivity contribution < 1.29 is 9.53 Å². The molecular formula is C13H19N3O2. The molecule has 0 radical (unpaired) electrons. The van der Waals surface area contributed by atoms with Gasteiger partial charge in [-0.1, -0.05) is 0 Å². The summed E-state index contributed by atoms with van der Waals surface area (Å²) in [4.78, 5) is 15.8. The maximum Gasteiger partial charge on any atom is 0.269 e. The quantitative estimate of drug-likeness (QED) is 0.715. The van der Waals surface area contributed by atoms with Gasteiger partial charge >= 0.3 is 0 Å². The molecule has 0 bridgehead atoms. The third-order valence-corrected chi connectivity index (χ3v) is 2.87. The van der Waals surface area contributed by atoms with E-state index in [0.29, 0.717) is 18.8 Å². The number of pyridine rings is 1. The van der Waals surface area contributed by atoms with Crippen LogP contribution in [0.25, 0.3) is 0 Å². The first kappa shape index (κ1) is 12.8. The number of hydrogen-bond acceptors (Lipinski definition) is 4. The molecular weight excluding hydrogens is 230 g/mol. The van der Waals surface area contributed by atoms with Crippen LogP contribution in [-0.2, 0) is 4.74 Å². The van der Waals surface area contributed by atoms with E-state index in [-0.39, 0.29) is 5.91 Å². The fourth-order valence-electron chi connectivity index (χ4n) is 1.54. The predicted octanol–water partition coefficient (Wildman–Crippen LogP) is 1.28. The largest absolute Gasteiger partial charge is 0.387 e. The summed E-state index contributed by atoms with van der Waals surface area (Å²) in [6, 6.07) is 3.53. The van der Waals surface area contributed by atoms with Crippen LogP contribution in [0.1, 0.15) is 23.3 Å². The van der Waals surface area contributed by atoms with Crippen LogP contribution in [0.4, 0.5) is 5.69 Å². The van der Waals surface area contributed by atoms with Crippen molar-refractivity contribution in [1.82, 2.24) is 10.3 Å². The van der Waals surface area contributed by atoms with E-state index in [0.717, 1.165) is 18.2 Å². The molecule has 18 heavy (non-hydrogen) atoms. The Hall–Kier alpha value is -1.62. The highest BCUT2D eigenvalue weighted by Crippen LogP contribution is 2.28. The highest BCUT2D eigenvalue weighted by atomic mass is 16.5. The second-order valence-electron chi connectivity index (χ2n) is 4.46. The van der Waals surface area contributed by atoms with Gasteiger partial charge in [0.05, 0.1) is 18.5 Å². The first-order valence-electron chi connectivity index (χ1n) is 6.29. The third kappa shape index (κ3) is 4.00. The summed E-state index contributed by atoms with van der Waals surface area (Å²) < 4.78 is 5.44. The average molecular weight is 249 g/mol. The second-order valence-corrected chi connectivity index (χ2v) is 4.46. The average Bonchev–Trinajstić information content (AvgIpc) is 3.22. The molecule has 1 saturated carbocycles. The fourth-order valence-corrected chi connectivity index (χ4v) is 1.54. The van der Waals surface area contributed by atoms with E-state index in [2.05, 4.69) is 15.6 Å². The molecule has 2 N–H and O–H groups in total. The Morgan fingerprint density at radius 1 is 1.50 bits per heavy atom. The number of hydrogen-bond donors (Lipinski definition) is 2. The Labute approximate surface area is 107 Å². The second kappa shape index (κ2) is 6.35. The van der Waals surface area contributed by atoms with Crippen LogP contribution < -0.4 is 10.6 Å². The van der Waals surface area contributed by atoms with E-state index < -0.39 is 0 Å². The Balaban J connectivity index is 1.65. The minimum atomic E-state index is -0.160. The van der Waals surface area contributed by atoms with Crippen LogP contribution in [0.2, 0.25) is 0 Å². The smallest absolute Gasteiger partial charge is 0.269 e. The van der Waals surface area contributed by atoms with Crippen molar-refractivity contribution in [3.8, 4) is 0 Å². The monoisotopic (exact) mass is 249 g/mol. The van der Waals surface area contributed by atoms with Crippen molar-refractivity contribution in [2.75, 3.05) is 32.1 Å². The Morgan fingerprint density at radius 3 is 2.94 bits per heavy atom. The molecule has 1 aliphatic carbocycles. The lowest BCUT2D eigenvalue weighted by atomic mass is 10.3. The third-order valence-electron chi connectivity index (χ3n) is 2.87. The summed E-state index contributed by atoms with van der Waals surface area (Å²) in [5, 5.41) is 5.74. The van der Waals surface area contributed by atoms with Crippen LogP contribution in [0.3, 0.4) is 0 Å².